The molecule has 1 aromatic heterocycles. The number of amides is 1. The third kappa shape index (κ3) is 7.45. The van der Waals surface area contributed by atoms with E-state index >= 15 is 0 Å². The molecule has 1 aromatic carbocycles. The molecule has 2 aromatic rings. The molecule has 1 aliphatic heterocycles. The summed E-state index contributed by atoms with van der Waals surface area (Å²) in [5.74, 6) is -5.00. The molecule has 3 unspecified atom stereocenters. The summed E-state index contributed by atoms with van der Waals surface area (Å²) in [6.07, 6.45) is 5.47. The molecule has 8 heteroatoms. The van der Waals surface area contributed by atoms with Gasteiger partial charge in [-0.25, -0.2) is 4.79 Å². The van der Waals surface area contributed by atoms with Gasteiger partial charge in [-0.1, -0.05) is 49.4 Å². The van der Waals surface area contributed by atoms with Crippen LogP contribution in [0.2, 0.25) is 0 Å². The fourth-order valence-electron chi connectivity index (χ4n) is 4.28. The number of benzene rings is 1. The number of carbonyl (C=O) groups is 2. The summed E-state index contributed by atoms with van der Waals surface area (Å²) < 4.78 is 33.1. The first-order valence-electron chi connectivity index (χ1n) is 12.0. The number of rotatable bonds is 12. The lowest BCUT2D eigenvalue weighted by Crippen LogP contribution is -2.36. The van der Waals surface area contributed by atoms with Gasteiger partial charge in [-0.05, 0) is 55.7 Å². The second-order valence-corrected chi connectivity index (χ2v) is 10.2. The summed E-state index contributed by atoms with van der Waals surface area (Å²) in [6, 6.07) is 12.9. The Morgan fingerprint density at radius 1 is 1.23 bits per heavy atom. The first-order valence-corrected chi connectivity index (χ1v) is 12.8. The van der Waals surface area contributed by atoms with Crippen molar-refractivity contribution in [2.24, 2.45) is 5.92 Å². The summed E-state index contributed by atoms with van der Waals surface area (Å²) in [5, 5.41) is 10.5. The predicted octanol–water partition coefficient (Wildman–Crippen LogP) is 5.28. The van der Waals surface area contributed by atoms with Crippen molar-refractivity contribution in [3.05, 3.63) is 69.9 Å². The summed E-state index contributed by atoms with van der Waals surface area (Å²) >= 11 is 1.30. The predicted molar refractivity (Wildman–Crippen MR) is 133 cm³/mol. The number of thiophene rings is 1. The molecular weight excluding hydrogens is 472 g/mol. The number of methoxy groups -OCH3 is 1. The molecular formula is C27H33F2NO4S. The fourth-order valence-corrected chi connectivity index (χ4v) is 5.25. The topological polar surface area (TPSA) is 66.8 Å². The minimum absolute atomic E-state index is 0.0242. The molecule has 2 heterocycles. The van der Waals surface area contributed by atoms with Crippen molar-refractivity contribution in [2.75, 3.05) is 13.7 Å². The number of ether oxygens (including phenoxy) is 1. The van der Waals surface area contributed by atoms with Crippen LogP contribution in [-0.2, 0) is 22.4 Å². The molecule has 3 rings (SSSR count). The van der Waals surface area contributed by atoms with E-state index in [1.807, 2.05) is 31.2 Å². The van der Waals surface area contributed by atoms with Crippen molar-refractivity contribution >= 4 is 23.2 Å². The highest BCUT2D eigenvalue weighted by Crippen LogP contribution is 2.34. The van der Waals surface area contributed by atoms with Crippen LogP contribution < -0.4 is 0 Å². The summed E-state index contributed by atoms with van der Waals surface area (Å²) in [4.78, 5) is 26.5. The van der Waals surface area contributed by atoms with Crippen molar-refractivity contribution in [1.82, 2.24) is 4.90 Å². The maximum Gasteiger partial charge on any atom is 0.348 e. The number of alkyl halides is 2. The molecule has 0 saturated carbocycles. The number of hydrogen-bond donors (Lipinski definition) is 1. The molecule has 0 aliphatic carbocycles. The highest BCUT2D eigenvalue weighted by Gasteiger charge is 2.52. The van der Waals surface area contributed by atoms with Gasteiger partial charge in [0, 0.05) is 17.8 Å². The molecule has 0 bridgehead atoms. The van der Waals surface area contributed by atoms with Crippen molar-refractivity contribution in [3.63, 3.8) is 0 Å². The summed E-state index contributed by atoms with van der Waals surface area (Å²) in [7, 11) is 1.32. The largest absolute Gasteiger partial charge is 0.465 e. The highest BCUT2D eigenvalue weighted by atomic mass is 32.1. The van der Waals surface area contributed by atoms with Gasteiger partial charge in [0.1, 0.15) is 4.88 Å². The second-order valence-electron chi connectivity index (χ2n) is 9.07. The van der Waals surface area contributed by atoms with Crippen LogP contribution in [0.3, 0.4) is 0 Å². The SMILES string of the molecule is COC(=O)c1ccc(CCCN2C(=O)C(F)(F)CC2C=CC(O)C(C)CCCc2ccccc2)s1. The van der Waals surface area contributed by atoms with Gasteiger partial charge < -0.3 is 14.7 Å². The first kappa shape index (κ1) is 27.0. The van der Waals surface area contributed by atoms with Gasteiger partial charge in [-0.3, -0.25) is 4.79 Å². The van der Waals surface area contributed by atoms with Crippen LogP contribution in [0.25, 0.3) is 0 Å². The number of nitrogens with zero attached hydrogens (tertiary/aromatic N) is 1. The molecule has 0 radical (unpaired) electrons. The molecule has 1 N–H and O–H groups in total. The quantitative estimate of drug-likeness (QED) is 0.315. The molecule has 1 saturated heterocycles. The van der Waals surface area contributed by atoms with Crippen LogP contribution in [0, 0.1) is 5.92 Å². The Hall–Kier alpha value is -2.58. The Labute approximate surface area is 209 Å². The number of likely N-dealkylation sites (tertiary alicyclic amines) is 1. The highest BCUT2D eigenvalue weighted by molar-refractivity contribution is 7.13. The average Bonchev–Trinajstić information content (AvgIpc) is 3.40. The van der Waals surface area contributed by atoms with Gasteiger partial charge >= 0.3 is 11.9 Å². The number of aliphatic hydroxyl groups is 1. The van der Waals surface area contributed by atoms with E-state index in [2.05, 4.69) is 12.1 Å². The fraction of sp³-hybridized carbons (Fsp3) is 0.481. The third-order valence-electron chi connectivity index (χ3n) is 6.39. The van der Waals surface area contributed by atoms with Crippen LogP contribution in [-0.4, -0.2) is 53.6 Å². The van der Waals surface area contributed by atoms with E-state index in [1.165, 1.54) is 28.9 Å². The lowest BCUT2D eigenvalue weighted by Gasteiger charge is -2.22. The number of esters is 1. The van der Waals surface area contributed by atoms with Crippen molar-refractivity contribution < 1.29 is 28.2 Å². The zero-order chi connectivity index (χ0) is 25.4. The zero-order valence-corrected chi connectivity index (χ0v) is 21.0. The van der Waals surface area contributed by atoms with E-state index in [-0.39, 0.29) is 12.5 Å². The molecule has 3 atom stereocenters. The van der Waals surface area contributed by atoms with Crippen LogP contribution >= 0.6 is 11.3 Å². The van der Waals surface area contributed by atoms with Crippen LogP contribution in [0.5, 0.6) is 0 Å². The number of carbonyl (C=O) groups excluding carboxylic acids is 2. The molecule has 5 nitrogen and oxygen atoms in total. The monoisotopic (exact) mass is 505 g/mol. The lowest BCUT2D eigenvalue weighted by atomic mass is 9.95. The number of aryl methyl sites for hydroxylation is 2. The second kappa shape index (κ2) is 12.4. The Bertz CT molecular complexity index is 1010. The maximum absolute atomic E-state index is 14.2. The summed E-state index contributed by atoms with van der Waals surface area (Å²) in [6.45, 7) is 2.12. The van der Waals surface area contributed by atoms with E-state index in [1.54, 1.807) is 18.2 Å². The average molecular weight is 506 g/mol. The minimum atomic E-state index is -3.40. The lowest BCUT2D eigenvalue weighted by molar-refractivity contribution is -0.148. The molecule has 0 spiro atoms. The third-order valence-corrected chi connectivity index (χ3v) is 7.52. The number of aliphatic hydroxyl groups excluding tert-OH is 1. The van der Waals surface area contributed by atoms with Crippen molar-refractivity contribution in [3.8, 4) is 0 Å². The van der Waals surface area contributed by atoms with Crippen LogP contribution in [0.15, 0.2) is 54.6 Å². The maximum atomic E-state index is 14.2. The molecule has 1 aliphatic rings. The first-order chi connectivity index (χ1) is 16.7. The normalized spacial score (nSPS) is 19.3. The van der Waals surface area contributed by atoms with Crippen molar-refractivity contribution in [2.45, 2.75) is 63.5 Å². The van der Waals surface area contributed by atoms with Gasteiger partial charge in [-0.15, -0.1) is 11.3 Å². The van der Waals surface area contributed by atoms with Gasteiger partial charge in [0.25, 0.3) is 5.91 Å². The van der Waals surface area contributed by atoms with E-state index in [4.69, 9.17) is 4.74 Å². The standard InChI is InChI=1S/C27H33F2NO4S/c1-19(8-6-11-20-9-4-3-5-10-20)23(31)15-13-21-18-27(28,29)26(33)30(21)17-7-12-22-14-16-24(35-22)25(32)34-2/h3-5,9-10,13-16,19,21,23,31H,6-8,11-12,17-18H2,1-2H3. The van der Waals surface area contributed by atoms with Crippen LogP contribution in [0.1, 0.15) is 52.7 Å². The Balaban J connectivity index is 1.51. The van der Waals surface area contributed by atoms with Gasteiger partial charge in [0.05, 0.1) is 19.3 Å². The minimum Gasteiger partial charge on any atom is -0.465 e. The molecule has 190 valence electrons. The smallest absolute Gasteiger partial charge is 0.348 e. The molecule has 1 fully saturated rings. The van der Waals surface area contributed by atoms with Gasteiger partial charge in [-0.2, -0.15) is 8.78 Å². The van der Waals surface area contributed by atoms with Gasteiger partial charge in [0.2, 0.25) is 0 Å². The van der Waals surface area contributed by atoms with E-state index in [0.29, 0.717) is 17.7 Å². The summed E-state index contributed by atoms with van der Waals surface area (Å²) in [5.41, 5.74) is 1.25. The van der Waals surface area contributed by atoms with Crippen LogP contribution in [0.4, 0.5) is 8.78 Å². The Morgan fingerprint density at radius 3 is 2.69 bits per heavy atom. The van der Waals surface area contributed by atoms with E-state index in [0.717, 1.165) is 24.1 Å². The number of halogens is 2. The van der Waals surface area contributed by atoms with E-state index in [9.17, 15) is 23.5 Å². The zero-order valence-electron chi connectivity index (χ0n) is 20.2. The van der Waals surface area contributed by atoms with Crippen molar-refractivity contribution in [1.29, 1.82) is 0 Å². The van der Waals surface area contributed by atoms with E-state index < -0.39 is 36.4 Å². The van der Waals surface area contributed by atoms with Gasteiger partial charge in [0.15, 0.2) is 0 Å². The molecule has 1 amide bonds. The Morgan fingerprint density at radius 2 is 1.97 bits per heavy atom. The molecule has 35 heavy (non-hydrogen) atoms. The Kier molecular flexibility index (Phi) is 9.57. The number of hydrogen-bond acceptors (Lipinski definition) is 5.